The van der Waals surface area contributed by atoms with E-state index >= 15 is 0 Å². The normalized spacial score (nSPS) is 26.3. The lowest BCUT2D eigenvalue weighted by atomic mass is 9.93. The molecule has 222 valence electrons. The number of hydrogen-bond acceptors (Lipinski definition) is 6. The Morgan fingerprint density at radius 3 is 2.40 bits per heavy atom. The van der Waals surface area contributed by atoms with Crippen LogP contribution in [-0.2, 0) is 19.4 Å². The number of hydrogen-bond donors (Lipinski definition) is 1. The van der Waals surface area contributed by atoms with E-state index in [1.807, 2.05) is 0 Å². The molecule has 0 bridgehead atoms. The summed E-state index contributed by atoms with van der Waals surface area (Å²) in [5, 5.41) is 1.18. The average molecular weight is 614 g/mol. The molecule has 2 amide bonds. The lowest BCUT2D eigenvalue weighted by molar-refractivity contribution is -0.189. The molecule has 4 atom stereocenters. The molecule has 0 radical (unpaired) electrons. The summed E-state index contributed by atoms with van der Waals surface area (Å²) in [7, 11) is -4.30. The van der Waals surface area contributed by atoms with Gasteiger partial charge in [0.25, 0.3) is 5.92 Å². The molecule has 3 fully saturated rings. The molecule has 1 aromatic rings. The number of rotatable bonds is 9. The number of halogens is 6. The molecule has 2 saturated carbocycles. The molecule has 1 aromatic carbocycles. The van der Waals surface area contributed by atoms with Gasteiger partial charge in [0, 0.05) is 19.0 Å². The predicted octanol–water partition coefficient (Wildman–Crippen LogP) is 4.06. The second-order valence-electron chi connectivity index (χ2n) is 10.8. The van der Waals surface area contributed by atoms with E-state index in [1.165, 1.54) is 0 Å². The van der Waals surface area contributed by atoms with Crippen molar-refractivity contribution in [2.24, 2.45) is 16.8 Å². The number of nitrogens with one attached hydrogen (secondary N) is 1. The van der Waals surface area contributed by atoms with Gasteiger partial charge in [-0.1, -0.05) is 11.6 Å². The molecule has 8 nitrogen and oxygen atoms in total. The third-order valence-electron chi connectivity index (χ3n) is 7.73. The van der Waals surface area contributed by atoms with Crippen LogP contribution in [0.2, 0.25) is 5.02 Å². The van der Waals surface area contributed by atoms with Gasteiger partial charge in [-0.05, 0) is 51.5 Å². The highest BCUT2D eigenvalue weighted by molar-refractivity contribution is 7.92. The van der Waals surface area contributed by atoms with Crippen molar-refractivity contribution in [2.75, 3.05) is 19.6 Å². The Kier molecular flexibility index (Phi) is 8.18. The van der Waals surface area contributed by atoms with Crippen molar-refractivity contribution >= 4 is 40.0 Å². The number of nitrogens with zero attached hydrogens (tertiary/aromatic N) is 2. The van der Waals surface area contributed by atoms with Gasteiger partial charge in [-0.25, -0.2) is 17.2 Å². The Morgan fingerprint density at radius 1 is 1.23 bits per heavy atom. The van der Waals surface area contributed by atoms with Crippen molar-refractivity contribution in [2.45, 2.75) is 72.9 Å². The van der Waals surface area contributed by atoms with Crippen molar-refractivity contribution in [1.82, 2.24) is 10.2 Å². The lowest BCUT2D eigenvalue weighted by Crippen LogP contribution is -2.46. The van der Waals surface area contributed by atoms with Gasteiger partial charge in [0.1, 0.15) is 5.75 Å². The maximum Gasteiger partial charge on any atom is 0.425 e. The fourth-order valence-electron chi connectivity index (χ4n) is 5.24. The summed E-state index contributed by atoms with van der Waals surface area (Å²) in [4.78, 5) is 31.0. The molecule has 40 heavy (non-hydrogen) atoms. The van der Waals surface area contributed by atoms with Gasteiger partial charge in [0.15, 0.2) is 15.9 Å². The highest BCUT2D eigenvalue weighted by atomic mass is 35.5. The second-order valence-corrected chi connectivity index (χ2v) is 13.4. The molecular weight excluding hydrogens is 585 g/mol. The fraction of sp³-hybridized carbons (Fsp3) is 0.640. The Balaban J connectivity index is 1.58. The van der Waals surface area contributed by atoms with Crippen molar-refractivity contribution in [1.29, 1.82) is 0 Å². The van der Waals surface area contributed by atoms with Gasteiger partial charge in [-0.2, -0.15) is 13.2 Å². The zero-order valence-corrected chi connectivity index (χ0v) is 23.1. The summed E-state index contributed by atoms with van der Waals surface area (Å²) in [5.74, 6) is -6.96. The Morgan fingerprint density at radius 2 is 1.88 bits per heavy atom. The highest BCUT2D eigenvalue weighted by Gasteiger charge is 2.53. The van der Waals surface area contributed by atoms with E-state index in [4.69, 9.17) is 16.3 Å². The van der Waals surface area contributed by atoms with E-state index in [0.29, 0.717) is 12.8 Å². The number of alkyl halides is 5. The zero-order chi connectivity index (χ0) is 29.7. The van der Waals surface area contributed by atoms with Crippen LogP contribution in [0.3, 0.4) is 0 Å². The summed E-state index contributed by atoms with van der Waals surface area (Å²) < 4.78 is 98.3. The third kappa shape index (κ3) is 6.37. The van der Waals surface area contributed by atoms with Crippen molar-refractivity contribution in [3.05, 3.63) is 23.2 Å². The Bertz CT molecular complexity index is 1290. The number of sulfone groups is 1. The lowest BCUT2D eigenvalue weighted by Gasteiger charge is -2.25. The molecule has 3 aliphatic rings. The summed E-state index contributed by atoms with van der Waals surface area (Å²) in [5.41, 5.74) is -0.628. The minimum Gasteiger partial charge on any atom is -0.481 e. The van der Waals surface area contributed by atoms with E-state index in [9.17, 15) is 40.0 Å². The van der Waals surface area contributed by atoms with Crippen LogP contribution in [-0.4, -0.2) is 80.5 Å². The van der Waals surface area contributed by atoms with E-state index < -0.39 is 85.4 Å². The van der Waals surface area contributed by atoms with Crippen LogP contribution in [0.1, 0.15) is 39.0 Å². The van der Waals surface area contributed by atoms with E-state index in [0.717, 1.165) is 30.0 Å². The van der Waals surface area contributed by atoms with Crippen molar-refractivity contribution in [3.63, 3.8) is 0 Å². The van der Waals surface area contributed by atoms with Gasteiger partial charge < -0.3 is 15.0 Å². The fourth-order valence-corrected chi connectivity index (χ4v) is 7.61. The first kappa shape index (κ1) is 30.5. The first-order valence-corrected chi connectivity index (χ1v) is 14.6. The Labute approximate surface area is 233 Å². The van der Waals surface area contributed by atoms with Crippen LogP contribution < -0.4 is 10.1 Å². The summed E-state index contributed by atoms with van der Waals surface area (Å²) in [6, 6.07) is 2.99. The van der Waals surface area contributed by atoms with Crippen LogP contribution in [0.25, 0.3) is 0 Å². The van der Waals surface area contributed by atoms with Gasteiger partial charge in [-0.3, -0.25) is 14.6 Å². The minimum atomic E-state index is -4.65. The third-order valence-corrected chi connectivity index (χ3v) is 10.4. The number of carbonyl (C=O) groups is 2. The van der Waals surface area contributed by atoms with Crippen LogP contribution in [0.4, 0.5) is 22.0 Å². The molecule has 1 heterocycles. The number of benzene rings is 1. The molecule has 0 spiro atoms. The van der Waals surface area contributed by atoms with Crippen molar-refractivity contribution in [3.8, 4) is 5.75 Å². The van der Waals surface area contributed by atoms with Crippen LogP contribution in [0, 0.1) is 11.8 Å². The molecule has 1 N–H and O–H groups in total. The first-order chi connectivity index (χ1) is 18.5. The standard InChI is InChI=1S/C25H29ClF5N3O5S/c1-14(25(29,30)31)39-15-3-4-20(19(26)9-15)40(37,38)16-10-17(21(35)33-23(5-6-23)12-32-2)18(11-16)22(36)34-8-7-24(27,28)13-34/h3-4,9,14,16-18H,2,5-8,10-13H2,1H3,(H,33,35)/t14-,16+,17+,18+/m0/s1. The number of amides is 2. The van der Waals surface area contributed by atoms with Gasteiger partial charge in [0.05, 0.1) is 45.6 Å². The van der Waals surface area contributed by atoms with E-state index in [-0.39, 0.29) is 31.7 Å². The molecule has 1 aliphatic heterocycles. The predicted molar refractivity (Wildman–Crippen MR) is 135 cm³/mol. The molecule has 0 aromatic heterocycles. The maximum atomic E-state index is 13.8. The second kappa shape index (κ2) is 10.7. The van der Waals surface area contributed by atoms with E-state index in [2.05, 4.69) is 17.0 Å². The zero-order valence-electron chi connectivity index (χ0n) is 21.5. The van der Waals surface area contributed by atoms with E-state index in [1.54, 1.807) is 0 Å². The van der Waals surface area contributed by atoms with Crippen molar-refractivity contribution < 1.29 is 44.7 Å². The first-order valence-electron chi connectivity index (χ1n) is 12.7. The van der Waals surface area contributed by atoms with Gasteiger partial charge in [-0.15, -0.1) is 0 Å². The average Bonchev–Trinajstić information content (AvgIpc) is 3.27. The monoisotopic (exact) mass is 613 g/mol. The molecule has 2 aliphatic carbocycles. The number of carbonyl (C=O) groups excluding carboxylic acids is 2. The SMILES string of the molecule is C=NCC1(NC(=O)[C@@H]2C[C@@H](S(=O)(=O)c3ccc(O[C@@H](C)C(F)(F)F)cc3Cl)C[C@H]2C(=O)N2CCC(F)(F)C2)CC1. The quantitative estimate of drug-likeness (QED) is 0.334. The minimum absolute atomic E-state index is 0.220. The maximum absolute atomic E-state index is 13.8. The van der Waals surface area contributed by atoms with Crippen LogP contribution in [0.15, 0.2) is 28.1 Å². The highest BCUT2D eigenvalue weighted by Crippen LogP contribution is 2.44. The summed E-state index contributed by atoms with van der Waals surface area (Å²) in [6.07, 6.45) is -6.69. The van der Waals surface area contributed by atoms with Crippen LogP contribution in [0.5, 0.6) is 5.75 Å². The molecule has 1 saturated heterocycles. The number of aliphatic imine (C=N–C) groups is 1. The molecule has 0 unspecified atom stereocenters. The molecule has 4 rings (SSSR count). The molecule has 15 heteroatoms. The number of likely N-dealkylation sites (tertiary alicyclic amines) is 1. The van der Waals surface area contributed by atoms with Gasteiger partial charge in [0.2, 0.25) is 11.8 Å². The molecular formula is C25H29ClF5N3O5S. The summed E-state index contributed by atoms with van der Waals surface area (Å²) in [6.45, 7) is 3.41. The van der Waals surface area contributed by atoms with Crippen LogP contribution >= 0.6 is 11.6 Å². The number of ether oxygens (including phenoxy) is 1. The topological polar surface area (TPSA) is 105 Å². The Hall–Kier alpha value is -2.48. The largest absolute Gasteiger partial charge is 0.481 e. The van der Waals surface area contributed by atoms with Gasteiger partial charge >= 0.3 is 6.18 Å². The summed E-state index contributed by atoms with van der Waals surface area (Å²) >= 11 is 6.16. The smallest absolute Gasteiger partial charge is 0.425 e.